The summed E-state index contributed by atoms with van der Waals surface area (Å²) in [5, 5.41) is 6.63. The van der Waals surface area contributed by atoms with E-state index in [0.29, 0.717) is 13.1 Å². The minimum absolute atomic E-state index is 0.677. The second-order valence-corrected chi connectivity index (χ2v) is 5.63. The Morgan fingerprint density at radius 3 is 2.12 bits per heavy atom. The van der Waals surface area contributed by atoms with Gasteiger partial charge in [-0.15, -0.1) is 0 Å². The topological polar surface area (TPSA) is 54.9 Å². The van der Waals surface area contributed by atoms with Gasteiger partial charge in [0.25, 0.3) is 0 Å². The molecule has 2 rings (SSSR count). The van der Waals surface area contributed by atoms with Gasteiger partial charge < -0.3 is 20.1 Å². The van der Waals surface area contributed by atoms with Crippen molar-refractivity contribution in [2.75, 3.05) is 20.8 Å². The summed E-state index contributed by atoms with van der Waals surface area (Å²) in [5.41, 5.74) is 2.29. The highest BCUT2D eigenvalue weighted by Gasteiger charge is 2.02. The van der Waals surface area contributed by atoms with Crippen molar-refractivity contribution in [2.24, 2.45) is 4.99 Å². The Labute approximate surface area is 150 Å². The summed E-state index contributed by atoms with van der Waals surface area (Å²) in [4.78, 5) is 4.26. The fraction of sp³-hybridized carbons (Fsp3) is 0.350. The van der Waals surface area contributed by atoms with E-state index in [1.165, 1.54) is 0 Å². The van der Waals surface area contributed by atoms with E-state index in [9.17, 15) is 0 Å². The van der Waals surface area contributed by atoms with Crippen LogP contribution in [-0.2, 0) is 13.1 Å². The molecule has 0 amide bonds. The molecule has 0 heterocycles. The normalized spacial score (nSPS) is 11.1. The molecule has 2 aromatic rings. The van der Waals surface area contributed by atoms with Gasteiger partial charge in [0.1, 0.15) is 11.5 Å². The average Bonchev–Trinajstić information content (AvgIpc) is 2.67. The Balaban J connectivity index is 1.85. The number of benzene rings is 2. The molecule has 25 heavy (non-hydrogen) atoms. The summed E-state index contributed by atoms with van der Waals surface area (Å²) in [6.07, 6.45) is 1.00. The van der Waals surface area contributed by atoms with Crippen molar-refractivity contribution in [2.45, 2.75) is 26.4 Å². The maximum absolute atomic E-state index is 5.67. The third-order valence-corrected chi connectivity index (χ3v) is 3.65. The van der Waals surface area contributed by atoms with Gasteiger partial charge in [0, 0.05) is 20.1 Å². The lowest BCUT2D eigenvalue weighted by atomic mass is 10.2. The van der Waals surface area contributed by atoms with Gasteiger partial charge in [0.2, 0.25) is 0 Å². The largest absolute Gasteiger partial charge is 0.497 e. The van der Waals surface area contributed by atoms with Gasteiger partial charge in [-0.2, -0.15) is 0 Å². The first-order chi connectivity index (χ1) is 12.2. The smallest absolute Gasteiger partial charge is 0.191 e. The van der Waals surface area contributed by atoms with Gasteiger partial charge in [-0.25, -0.2) is 0 Å². The molecule has 0 bridgehead atoms. The fourth-order valence-electron chi connectivity index (χ4n) is 2.34. The Bertz CT molecular complexity index is 686. The molecule has 0 aliphatic carbocycles. The standard InChI is InChI=1S/C20H27N3O2/c1-4-11-25-19-10-6-8-17(13-19)15-23-20(21-2)22-14-16-7-5-9-18(12-16)24-3/h5-10,12-13H,4,11,14-15H2,1-3H3,(H2,21,22,23). The molecule has 5 nitrogen and oxygen atoms in total. The first-order valence-corrected chi connectivity index (χ1v) is 8.54. The number of nitrogens with one attached hydrogen (secondary N) is 2. The molecular weight excluding hydrogens is 314 g/mol. The molecule has 0 unspecified atom stereocenters. The molecule has 0 saturated heterocycles. The van der Waals surface area contributed by atoms with E-state index in [4.69, 9.17) is 9.47 Å². The monoisotopic (exact) mass is 341 g/mol. The van der Waals surface area contributed by atoms with Crippen LogP contribution in [0.15, 0.2) is 53.5 Å². The van der Waals surface area contributed by atoms with Gasteiger partial charge in [-0.3, -0.25) is 4.99 Å². The summed E-state index contributed by atoms with van der Waals surface area (Å²) in [5.74, 6) is 2.51. The van der Waals surface area contributed by atoms with E-state index in [1.54, 1.807) is 14.2 Å². The predicted molar refractivity (Wildman–Crippen MR) is 102 cm³/mol. The molecule has 0 radical (unpaired) electrons. The molecule has 0 spiro atoms. The zero-order chi connectivity index (χ0) is 17.9. The number of nitrogens with zero attached hydrogens (tertiary/aromatic N) is 1. The number of hydrogen-bond acceptors (Lipinski definition) is 3. The van der Waals surface area contributed by atoms with E-state index < -0.39 is 0 Å². The van der Waals surface area contributed by atoms with Crippen LogP contribution < -0.4 is 20.1 Å². The molecule has 0 aliphatic heterocycles. The lowest BCUT2D eigenvalue weighted by Gasteiger charge is -2.13. The van der Waals surface area contributed by atoms with Crippen molar-refractivity contribution in [3.05, 3.63) is 59.7 Å². The van der Waals surface area contributed by atoms with Gasteiger partial charge >= 0.3 is 0 Å². The molecule has 0 fully saturated rings. The minimum Gasteiger partial charge on any atom is -0.497 e. The van der Waals surface area contributed by atoms with Gasteiger partial charge in [0.15, 0.2) is 5.96 Å². The molecule has 0 aliphatic rings. The highest BCUT2D eigenvalue weighted by molar-refractivity contribution is 5.79. The predicted octanol–water partition coefficient (Wildman–Crippen LogP) is 3.35. The van der Waals surface area contributed by atoms with Crippen LogP contribution in [0.25, 0.3) is 0 Å². The lowest BCUT2D eigenvalue weighted by Crippen LogP contribution is -2.36. The summed E-state index contributed by atoms with van der Waals surface area (Å²) >= 11 is 0. The number of hydrogen-bond donors (Lipinski definition) is 2. The number of rotatable bonds is 8. The number of methoxy groups -OCH3 is 1. The van der Waals surface area contributed by atoms with E-state index in [2.05, 4.69) is 40.7 Å². The number of guanidine groups is 1. The summed E-state index contributed by atoms with van der Waals surface area (Å²) < 4.78 is 10.9. The van der Waals surface area contributed by atoms with Crippen LogP contribution in [0.4, 0.5) is 0 Å². The molecule has 2 N–H and O–H groups in total. The maximum atomic E-state index is 5.67. The Kier molecular flexibility index (Phi) is 7.63. The zero-order valence-corrected chi connectivity index (χ0v) is 15.2. The molecule has 5 heteroatoms. The summed E-state index contributed by atoms with van der Waals surface area (Å²) in [7, 11) is 3.44. The van der Waals surface area contributed by atoms with Gasteiger partial charge in [-0.1, -0.05) is 31.2 Å². The summed E-state index contributed by atoms with van der Waals surface area (Å²) in [6.45, 7) is 4.20. The first-order valence-electron chi connectivity index (χ1n) is 8.54. The van der Waals surface area contributed by atoms with Crippen LogP contribution >= 0.6 is 0 Å². The van der Waals surface area contributed by atoms with E-state index >= 15 is 0 Å². The van der Waals surface area contributed by atoms with Crippen molar-refractivity contribution < 1.29 is 9.47 Å². The van der Waals surface area contributed by atoms with Crippen molar-refractivity contribution in [1.82, 2.24) is 10.6 Å². The van der Waals surface area contributed by atoms with E-state index in [1.807, 2.05) is 30.3 Å². The molecule has 2 aromatic carbocycles. The highest BCUT2D eigenvalue weighted by atomic mass is 16.5. The van der Waals surface area contributed by atoms with E-state index in [0.717, 1.165) is 41.6 Å². The van der Waals surface area contributed by atoms with Gasteiger partial charge in [-0.05, 0) is 41.8 Å². The third kappa shape index (κ3) is 6.37. The van der Waals surface area contributed by atoms with Gasteiger partial charge in [0.05, 0.1) is 13.7 Å². The Morgan fingerprint density at radius 1 is 0.960 bits per heavy atom. The maximum Gasteiger partial charge on any atom is 0.191 e. The first kappa shape index (κ1) is 18.6. The SMILES string of the molecule is CCCOc1cccc(CNC(=NC)NCc2cccc(OC)c2)c1. The van der Waals surface area contributed by atoms with Crippen molar-refractivity contribution >= 4 is 5.96 Å². The number of aliphatic imine (C=N–C) groups is 1. The molecule has 0 atom stereocenters. The van der Waals surface area contributed by atoms with Crippen LogP contribution in [0.3, 0.4) is 0 Å². The third-order valence-electron chi connectivity index (χ3n) is 3.65. The van der Waals surface area contributed by atoms with Crippen LogP contribution in [0.1, 0.15) is 24.5 Å². The average molecular weight is 341 g/mol. The van der Waals surface area contributed by atoms with Crippen molar-refractivity contribution in [1.29, 1.82) is 0 Å². The van der Waals surface area contributed by atoms with Crippen molar-refractivity contribution in [3.63, 3.8) is 0 Å². The number of ether oxygens (including phenoxy) is 2. The van der Waals surface area contributed by atoms with E-state index in [-0.39, 0.29) is 0 Å². The Hall–Kier alpha value is -2.69. The molecule has 0 saturated carbocycles. The quantitative estimate of drug-likeness (QED) is 0.571. The zero-order valence-electron chi connectivity index (χ0n) is 15.2. The van der Waals surface area contributed by atoms with Crippen molar-refractivity contribution in [3.8, 4) is 11.5 Å². The summed E-state index contributed by atoms with van der Waals surface area (Å²) in [6, 6.07) is 16.1. The van der Waals surface area contributed by atoms with Crippen LogP contribution in [0.5, 0.6) is 11.5 Å². The molecule has 0 aromatic heterocycles. The van der Waals surface area contributed by atoms with Crippen LogP contribution in [-0.4, -0.2) is 26.7 Å². The molecular formula is C20H27N3O2. The highest BCUT2D eigenvalue weighted by Crippen LogP contribution is 2.14. The van der Waals surface area contributed by atoms with Crippen LogP contribution in [0.2, 0.25) is 0 Å². The second kappa shape index (κ2) is 10.2. The molecule has 134 valence electrons. The Morgan fingerprint density at radius 2 is 1.56 bits per heavy atom. The second-order valence-electron chi connectivity index (χ2n) is 5.63. The lowest BCUT2D eigenvalue weighted by molar-refractivity contribution is 0.317. The minimum atomic E-state index is 0.677. The van der Waals surface area contributed by atoms with Crippen LogP contribution in [0, 0.1) is 0 Å². The fourth-order valence-corrected chi connectivity index (χ4v) is 2.34.